The van der Waals surface area contributed by atoms with Crippen molar-refractivity contribution in [1.29, 1.82) is 0 Å². The van der Waals surface area contributed by atoms with Gasteiger partial charge in [0.15, 0.2) is 23.0 Å². The summed E-state index contributed by atoms with van der Waals surface area (Å²) in [5, 5.41) is 9.92. The maximum Gasteiger partial charge on any atom is 0.231 e. The Bertz CT molecular complexity index is 747. The Hall–Kier alpha value is -2.44. The summed E-state index contributed by atoms with van der Waals surface area (Å²) in [4.78, 5) is 2.17. The molecule has 1 atom stereocenters. The lowest BCUT2D eigenvalue weighted by atomic mass is 10.1. The van der Waals surface area contributed by atoms with Gasteiger partial charge in [-0.05, 0) is 30.7 Å². The number of hydrogen-bond acceptors (Lipinski definition) is 6. The van der Waals surface area contributed by atoms with Crippen LogP contribution in [0.25, 0.3) is 0 Å². The maximum absolute atomic E-state index is 9.92. The first-order chi connectivity index (χ1) is 12.6. The number of ether oxygens (including phenoxy) is 4. The first-order valence-electron chi connectivity index (χ1n) is 8.59. The summed E-state index contributed by atoms with van der Waals surface area (Å²) in [5.41, 5.74) is 2.10. The van der Waals surface area contributed by atoms with Crippen molar-refractivity contribution < 1.29 is 24.1 Å². The normalized spacial score (nSPS) is 13.7. The highest BCUT2D eigenvalue weighted by Gasteiger charge is 2.18. The molecule has 26 heavy (non-hydrogen) atoms. The summed E-state index contributed by atoms with van der Waals surface area (Å²) in [6.07, 6.45) is -0.444. The monoisotopic (exact) mass is 359 g/mol. The summed E-state index contributed by atoms with van der Waals surface area (Å²) in [6, 6.07) is 11.8. The third-order valence-corrected chi connectivity index (χ3v) is 4.24. The molecule has 0 bridgehead atoms. The maximum atomic E-state index is 9.92. The fourth-order valence-corrected chi connectivity index (χ4v) is 3.18. The summed E-state index contributed by atoms with van der Waals surface area (Å²) >= 11 is 0. The smallest absolute Gasteiger partial charge is 0.231 e. The van der Waals surface area contributed by atoms with Gasteiger partial charge in [0.1, 0.15) is 0 Å². The van der Waals surface area contributed by atoms with Crippen molar-refractivity contribution >= 4 is 0 Å². The first kappa shape index (κ1) is 18.4. The first-order valence-corrected chi connectivity index (χ1v) is 8.59. The number of methoxy groups -OCH3 is 2. The second-order valence-corrected chi connectivity index (χ2v) is 6.36. The molecule has 0 amide bonds. The fourth-order valence-electron chi connectivity index (χ4n) is 3.18. The topological polar surface area (TPSA) is 60.4 Å². The van der Waals surface area contributed by atoms with Crippen LogP contribution in [-0.4, -0.2) is 43.7 Å². The Morgan fingerprint density at radius 3 is 2.62 bits per heavy atom. The summed E-state index contributed by atoms with van der Waals surface area (Å²) in [7, 11) is 3.26. The molecule has 0 unspecified atom stereocenters. The van der Waals surface area contributed by atoms with E-state index in [-0.39, 0.29) is 6.79 Å². The quantitative estimate of drug-likeness (QED) is 0.782. The molecule has 3 rings (SSSR count). The second-order valence-electron chi connectivity index (χ2n) is 6.36. The van der Waals surface area contributed by atoms with E-state index in [0.717, 1.165) is 28.4 Å². The van der Waals surface area contributed by atoms with Gasteiger partial charge in [0.25, 0.3) is 0 Å². The third kappa shape index (κ3) is 4.20. The van der Waals surface area contributed by atoms with Crippen LogP contribution >= 0.6 is 0 Å². The van der Waals surface area contributed by atoms with Crippen molar-refractivity contribution in [2.45, 2.75) is 26.1 Å². The van der Waals surface area contributed by atoms with Crippen LogP contribution in [0.3, 0.4) is 0 Å². The van der Waals surface area contributed by atoms with Crippen LogP contribution in [0, 0.1) is 0 Å². The van der Waals surface area contributed by atoms with Crippen LogP contribution in [0.4, 0.5) is 0 Å². The van der Waals surface area contributed by atoms with Crippen LogP contribution < -0.4 is 18.9 Å². The number of rotatable bonds is 8. The Kier molecular flexibility index (Phi) is 5.85. The molecule has 0 aliphatic carbocycles. The van der Waals surface area contributed by atoms with Gasteiger partial charge >= 0.3 is 0 Å². The molecule has 1 heterocycles. The zero-order valence-corrected chi connectivity index (χ0v) is 15.4. The minimum Gasteiger partial charge on any atom is -0.493 e. The van der Waals surface area contributed by atoms with Gasteiger partial charge in [-0.25, -0.2) is 0 Å². The predicted octanol–water partition coefficient (Wildman–Crippen LogP) is 2.82. The van der Waals surface area contributed by atoms with E-state index >= 15 is 0 Å². The molecule has 1 N–H and O–H groups in total. The van der Waals surface area contributed by atoms with Crippen LogP contribution in [0.15, 0.2) is 36.4 Å². The van der Waals surface area contributed by atoms with E-state index in [2.05, 4.69) is 4.90 Å². The SMILES string of the molecule is COc1cccc(CN(Cc2ccc3c(c2)OCO3)C[C@@H](C)O)c1OC. The number of nitrogens with zero attached hydrogens (tertiary/aromatic N) is 1. The summed E-state index contributed by atoms with van der Waals surface area (Å²) in [5.74, 6) is 2.95. The molecule has 2 aromatic carbocycles. The van der Waals surface area contributed by atoms with Gasteiger partial charge in [-0.3, -0.25) is 4.90 Å². The molecule has 0 fully saturated rings. The fraction of sp³-hybridized carbons (Fsp3) is 0.400. The molecule has 1 aliphatic heterocycles. The molecule has 0 radical (unpaired) electrons. The number of para-hydroxylation sites is 1. The molecule has 0 spiro atoms. The van der Waals surface area contributed by atoms with Crippen molar-refractivity contribution in [2.24, 2.45) is 0 Å². The Morgan fingerprint density at radius 2 is 1.88 bits per heavy atom. The Morgan fingerprint density at radius 1 is 1.08 bits per heavy atom. The zero-order valence-electron chi connectivity index (χ0n) is 15.4. The lowest BCUT2D eigenvalue weighted by Crippen LogP contribution is -2.30. The second kappa shape index (κ2) is 8.29. The molecule has 0 saturated heterocycles. The highest BCUT2D eigenvalue weighted by atomic mass is 16.7. The van der Waals surface area contributed by atoms with Crippen LogP contribution in [0.5, 0.6) is 23.0 Å². The summed E-state index contributed by atoms with van der Waals surface area (Å²) in [6.45, 7) is 3.88. The van der Waals surface area contributed by atoms with Gasteiger partial charge in [0.2, 0.25) is 6.79 Å². The van der Waals surface area contributed by atoms with E-state index in [9.17, 15) is 5.11 Å². The molecule has 6 nitrogen and oxygen atoms in total. The largest absolute Gasteiger partial charge is 0.493 e. The molecular formula is C20H25NO5. The van der Waals surface area contributed by atoms with Crippen LogP contribution in [0.2, 0.25) is 0 Å². The van der Waals surface area contributed by atoms with Crippen molar-refractivity contribution in [3.63, 3.8) is 0 Å². The van der Waals surface area contributed by atoms with Crippen molar-refractivity contribution in [1.82, 2.24) is 4.90 Å². The third-order valence-electron chi connectivity index (χ3n) is 4.24. The molecule has 0 saturated carbocycles. The lowest BCUT2D eigenvalue weighted by Gasteiger charge is -2.25. The molecule has 0 aromatic heterocycles. The van der Waals surface area contributed by atoms with Gasteiger partial charge in [-0.15, -0.1) is 0 Å². The van der Waals surface area contributed by atoms with E-state index in [1.54, 1.807) is 21.1 Å². The van der Waals surface area contributed by atoms with Crippen molar-refractivity contribution in [3.8, 4) is 23.0 Å². The minimum atomic E-state index is -0.444. The van der Waals surface area contributed by atoms with E-state index < -0.39 is 6.10 Å². The summed E-state index contributed by atoms with van der Waals surface area (Å²) < 4.78 is 21.7. The minimum absolute atomic E-state index is 0.261. The highest BCUT2D eigenvalue weighted by Crippen LogP contribution is 2.34. The molecule has 6 heteroatoms. The van der Waals surface area contributed by atoms with Gasteiger partial charge in [-0.1, -0.05) is 18.2 Å². The van der Waals surface area contributed by atoms with Crippen LogP contribution in [0.1, 0.15) is 18.1 Å². The van der Waals surface area contributed by atoms with Crippen molar-refractivity contribution in [3.05, 3.63) is 47.5 Å². The average molecular weight is 359 g/mol. The van der Waals surface area contributed by atoms with Gasteiger partial charge in [0.05, 0.1) is 20.3 Å². The zero-order chi connectivity index (χ0) is 18.5. The van der Waals surface area contributed by atoms with E-state index in [0.29, 0.717) is 25.4 Å². The van der Waals surface area contributed by atoms with Gasteiger partial charge < -0.3 is 24.1 Å². The molecule has 1 aliphatic rings. The lowest BCUT2D eigenvalue weighted by molar-refractivity contribution is 0.117. The number of aliphatic hydroxyl groups is 1. The van der Waals surface area contributed by atoms with Gasteiger partial charge in [-0.2, -0.15) is 0 Å². The molecule has 140 valence electrons. The molecular weight excluding hydrogens is 334 g/mol. The Balaban J connectivity index is 1.80. The van der Waals surface area contributed by atoms with E-state index in [1.807, 2.05) is 36.4 Å². The number of aliphatic hydroxyl groups excluding tert-OH is 1. The molecule has 2 aromatic rings. The van der Waals surface area contributed by atoms with Gasteiger partial charge in [0, 0.05) is 25.2 Å². The predicted molar refractivity (Wildman–Crippen MR) is 97.9 cm³/mol. The average Bonchev–Trinajstić information content (AvgIpc) is 3.08. The number of hydrogen-bond donors (Lipinski definition) is 1. The van der Waals surface area contributed by atoms with E-state index in [1.165, 1.54) is 0 Å². The Labute approximate surface area is 153 Å². The highest BCUT2D eigenvalue weighted by molar-refractivity contribution is 5.47. The van der Waals surface area contributed by atoms with E-state index in [4.69, 9.17) is 18.9 Å². The van der Waals surface area contributed by atoms with Crippen molar-refractivity contribution in [2.75, 3.05) is 27.6 Å². The standard InChI is InChI=1S/C20H25NO5/c1-14(22)10-21(11-15-7-8-17-19(9-15)26-13-25-17)12-16-5-4-6-18(23-2)20(16)24-3/h4-9,14,22H,10-13H2,1-3H3/t14-/m1/s1. The van der Waals surface area contributed by atoms with Crippen LogP contribution in [-0.2, 0) is 13.1 Å². The number of fused-ring (bicyclic) bond motifs is 1. The number of benzene rings is 2.